The van der Waals surface area contributed by atoms with E-state index >= 15 is 0 Å². The Hall–Kier alpha value is -1.06. The molecule has 2 aliphatic carbocycles. The largest absolute Gasteiger partial charge is 0.342 e. The SMILES string of the molecule is O=C1CCN(CCC2CCCC2)C(=O)C2(CCCC2)N1. The first-order chi connectivity index (χ1) is 9.70. The van der Waals surface area contributed by atoms with Gasteiger partial charge in [-0.25, -0.2) is 0 Å². The first kappa shape index (κ1) is 13.9. The zero-order valence-electron chi connectivity index (χ0n) is 12.3. The molecule has 1 saturated heterocycles. The lowest BCUT2D eigenvalue weighted by Gasteiger charge is -2.32. The minimum atomic E-state index is -0.552. The maximum absolute atomic E-state index is 12.8. The fourth-order valence-electron chi connectivity index (χ4n) is 4.19. The van der Waals surface area contributed by atoms with Crippen molar-refractivity contribution >= 4 is 11.8 Å². The molecule has 0 unspecified atom stereocenters. The van der Waals surface area contributed by atoms with Crippen molar-refractivity contribution in [2.75, 3.05) is 13.1 Å². The lowest BCUT2D eigenvalue weighted by molar-refractivity contribution is -0.138. The van der Waals surface area contributed by atoms with E-state index in [9.17, 15) is 9.59 Å². The van der Waals surface area contributed by atoms with E-state index in [0.717, 1.165) is 44.6 Å². The highest BCUT2D eigenvalue weighted by molar-refractivity contribution is 5.93. The number of nitrogens with zero attached hydrogens (tertiary/aromatic N) is 1. The smallest absolute Gasteiger partial charge is 0.248 e. The van der Waals surface area contributed by atoms with Gasteiger partial charge in [0.25, 0.3) is 0 Å². The van der Waals surface area contributed by atoms with Gasteiger partial charge in [0, 0.05) is 19.5 Å². The van der Waals surface area contributed by atoms with Crippen LogP contribution in [-0.4, -0.2) is 35.3 Å². The Balaban J connectivity index is 1.66. The zero-order valence-corrected chi connectivity index (χ0v) is 12.3. The first-order valence-corrected chi connectivity index (χ1v) is 8.30. The monoisotopic (exact) mass is 278 g/mol. The summed E-state index contributed by atoms with van der Waals surface area (Å²) in [5.74, 6) is 1.05. The van der Waals surface area contributed by atoms with Crippen molar-refractivity contribution in [3.8, 4) is 0 Å². The second kappa shape index (κ2) is 5.74. The Kier molecular flexibility index (Phi) is 3.99. The molecule has 2 amide bonds. The lowest BCUT2D eigenvalue weighted by Crippen LogP contribution is -2.55. The van der Waals surface area contributed by atoms with Crippen molar-refractivity contribution < 1.29 is 9.59 Å². The molecule has 3 fully saturated rings. The van der Waals surface area contributed by atoms with Crippen LogP contribution in [0.25, 0.3) is 0 Å². The fraction of sp³-hybridized carbons (Fsp3) is 0.875. The molecule has 20 heavy (non-hydrogen) atoms. The van der Waals surface area contributed by atoms with Crippen molar-refractivity contribution in [3.05, 3.63) is 0 Å². The Bertz CT molecular complexity index is 382. The minimum absolute atomic E-state index is 0.0589. The van der Waals surface area contributed by atoms with Gasteiger partial charge >= 0.3 is 0 Å². The van der Waals surface area contributed by atoms with Gasteiger partial charge in [-0.15, -0.1) is 0 Å². The van der Waals surface area contributed by atoms with Crippen molar-refractivity contribution in [1.82, 2.24) is 10.2 Å². The standard InChI is InChI=1S/C16H26N2O2/c19-14-8-12-18(11-7-13-5-1-2-6-13)15(20)16(17-14)9-3-4-10-16/h13H,1-12H2,(H,17,19). The molecule has 0 radical (unpaired) electrons. The van der Waals surface area contributed by atoms with Crippen LogP contribution in [0.15, 0.2) is 0 Å². The molecule has 2 saturated carbocycles. The Morgan fingerprint density at radius 2 is 1.80 bits per heavy atom. The molecule has 1 aliphatic heterocycles. The quantitative estimate of drug-likeness (QED) is 0.860. The van der Waals surface area contributed by atoms with Gasteiger partial charge < -0.3 is 10.2 Å². The van der Waals surface area contributed by atoms with Gasteiger partial charge in [-0.3, -0.25) is 9.59 Å². The zero-order chi connectivity index (χ0) is 14.0. The Morgan fingerprint density at radius 1 is 1.10 bits per heavy atom. The van der Waals surface area contributed by atoms with Crippen LogP contribution in [0.3, 0.4) is 0 Å². The summed E-state index contributed by atoms with van der Waals surface area (Å²) < 4.78 is 0. The van der Waals surface area contributed by atoms with Crippen LogP contribution in [0.2, 0.25) is 0 Å². The molecule has 0 atom stereocenters. The topological polar surface area (TPSA) is 49.4 Å². The highest BCUT2D eigenvalue weighted by Crippen LogP contribution is 2.34. The van der Waals surface area contributed by atoms with Gasteiger partial charge in [0.2, 0.25) is 11.8 Å². The number of hydrogen-bond donors (Lipinski definition) is 1. The number of carbonyl (C=O) groups excluding carboxylic acids is 2. The van der Waals surface area contributed by atoms with Crippen LogP contribution in [-0.2, 0) is 9.59 Å². The third-order valence-electron chi connectivity index (χ3n) is 5.42. The van der Waals surface area contributed by atoms with E-state index in [1.807, 2.05) is 4.90 Å². The molecule has 1 heterocycles. The first-order valence-electron chi connectivity index (χ1n) is 8.30. The van der Waals surface area contributed by atoms with E-state index in [2.05, 4.69) is 5.32 Å². The third kappa shape index (κ3) is 2.70. The predicted octanol–water partition coefficient (Wildman–Crippen LogP) is 2.23. The molecule has 112 valence electrons. The molecule has 3 rings (SSSR count). The molecule has 4 heteroatoms. The average Bonchev–Trinajstić information content (AvgIpc) is 3.07. The van der Waals surface area contributed by atoms with Crippen LogP contribution in [0, 0.1) is 5.92 Å². The third-order valence-corrected chi connectivity index (χ3v) is 5.42. The number of rotatable bonds is 3. The highest BCUT2D eigenvalue weighted by atomic mass is 16.2. The summed E-state index contributed by atoms with van der Waals surface area (Å²) in [6.07, 6.45) is 10.7. The summed E-state index contributed by atoms with van der Waals surface area (Å²) in [6, 6.07) is 0. The summed E-state index contributed by atoms with van der Waals surface area (Å²) in [6.45, 7) is 1.46. The second-order valence-electron chi connectivity index (χ2n) is 6.82. The fourth-order valence-corrected chi connectivity index (χ4v) is 4.19. The van der Waals surface area contributed by atoms with E-state index in [1.54, 1.807) is 0 Å². The van der Waals surface area contributed by atoms with Gasteiger partial charge in [0.05, 0.1) is 0 Å². The lowest BCUT2D eigenvalue weighted by atomic mass is 9.95. The minimum Gasteiger partial charge on any atom is -0.342 e. The van der Waals surface area contributed by atoms with Gasteiger partial charge in [0.1, 0.15) is 5.54 Å². The van der Waals surface area contributed by atoms with Gasteiger partial charge in [-0.1, -0.05) is 38.5 Å². The van der Waals surface area contributed by atoms with Crippen molar-refractivity contribution in [2.45, 2.75) is 69.7 Å². The van der Waals surface area contributed by atoms with E-state index in [1.165, 1.54) is 25.7 Å². The molecule has 4 nitrogen and oxygen atoms in total. The van der Waals surface area contributed by atoms with E-state index in [0.29, 0.717) is 13.0 Å². The maximum Gasteiger partial charge on any atom is 0.248 e. The van der Waals surface area contributed by atoms with Crippen LogP contribution in [0.4, 0.5) is 0 Å². The molecule has 0 aromatic carbocycles. The number of hydrogen-bond acceptors (Lipinski definition) is 2. The summed E-state index contributed by atoms with van der Waals surface area (Å²) >= 11 is 0. The molecular formula is C16H26N2O2. The van der Waals surface area contributed by atoms with E-state index in [4.69, 9.17) is 0 Å². The van der Waals surface area contributed by atoms with Crippen LogP contribution >= 0.6 is 0 Å². The highest BCUT2D eigenvalue weighted by Gasteiger charge is 2.46. The summed E-state index contributed by atoms with van der Waals surface area (Å²) in [5, 5.41) is 3.03. The second-order valence-corrected chi connectivity index (χ2v) is 6.82. The maximum atomic E-state index is 12.8. The van der Waals surface area contributed by atoms with E-state index < -0.39 is 5.54 Å². The normalized spacial score (nSPS) is 27.1. The van der Waals surface area contributed by atoms with Crippen molar-refractivity contribution in [1.29, 1.82) is 0 Å². The Labute approximate surface area is 121 Å². The van der Waals surface area contributed by atoms with Crippen molar-refractivity contribution in [3.63, 3.8) is 0 Å². The van der Waals surface area contributed by atoms with Crippen molar-refractivity contribution in [2.24, 2.45) is 5.92 Å². The molecular weight excluding hydrogens is 252 g/mol. The summed E-state index contributed by atoms with van der Waals surface area (Å²) in [7, 11) is 0. The number of amides is 2. The van der Waals surface area contributed by atoms with Crippen LogP contribution in [0.5, 0.6) is 0 Å². The van der Waals surface area contributed by atoms with Gasteiger partial charge in [0.15, 0.2) is 0 Å². The summed E-state index contributed by atoms with van der Waals surface area (Å²) in [4.78, 5) is 26.7. The number of carbonyl (C=O) groups is 2. The average molecular weight is 278 g/mol. The van der Waals surface area contributed by atoms with Crippen LogP contribution in [0.1, 0.15) is 64.2 Å². The van der Waals surface area contributed by atoms with E-state index in [-0.39, 0.29) is 11.8 Å². The molecule has 0 aromatic rings. The predicted molar refractivity (Wildman–Crippen MR) is 77.1 cm³/mol. The molecule has 0 aromatic heterocycles. The summed E-state index contributed by atoms with van der Waals surface area (Å²) in [5.41, 5.74) is -0.552. The molecule has 1 spiro atoms. The molecule has 3 aliphatic rings. The molecule has 1 N–H and O–H groups in total. The van der Waals surface area contributed by atoms with Crippen LogP contribution < -0.4 is 5.32 Å². The van der Waals surface area contributed by atoms with Gasteiger partial charge in [-0.2, -0.15) is 0 Å². The Morgan fingerprint density at radius 3 is 2.50 bits per heavy atom. The molecule has 0 bridgehead atoms. The number of nitrogens with one attached hydrogen (secondary N) is 1. The van der Waals surface area contributed by atoms with Gasteiger partial charge in [-0.05, 0) is 25.2 Å².